The van der Waals surface area contributed by atoms with E-state index in [2.05, 4.69) is 30.7 Å². The van der Waals surface area contributed by atoms with Gasteiger partial charge in [-0.1, -0.05) is 13.8 Å². The van der Waals surface area contributed by atoms with E-state index in [1.807, 2.05) is 26.2 Å². The zero-order valence-electron chi connectivity index (χ0n) is 10.3. The normalized spacial score (nSPS) is 12.9. The summed E-state index contributed by atoms with van der Waals surface area (Å²) in [5, 5.41) is 0. The monoisotopic (exact) mass is 207 g/mol. The molecule has 0 bridgehead atoms. The van der Waals surface area contributed by atoms with Crippen molar-refractivity contribution in [1.82, 2.24) is 4.98 Å². The minimum atomic E-state index is 0.433. The average molecular weight is 207 g/mol. The summed E-state index contributed by atoms with van der Waals surface area (Å²) < 4.78 is 0. The van der Waals surface area contributed by atoms with Gasteiger partial charge >= 0.3 is 0 Å². The smallest absolute Gasteiger partial charge is 0.151 e. The van der Waals surface area contributed by atoms with Gasteiger partial charge < -0.3 is 10.6 Å². The van der Waals surface area contributed by atoms with Crippen LogP contribution in [-0.4, -0.2) is 18.1 Å². The molecule has 1 rings (SSSR count). The molecule has 1 heterocycles. The van der Waals surface area contributed by atoms with Crippen molar-refractivity contribution in [3.63, 3.8) is 0 Å². The first-order valence-electron chi connectivity index (χ1n) is 5.38. The first kappa shape index (κ1) is 11.8. The van der Waals surface area contributed by atoms with Gasteiger partial charge in [0.1, 0.15) is 0 Å². The van der Waals surface area contributed by atoms with Crippen LogP contribution in [0.2, 0.25) is 0 Å². The summed E-state index contributed by atoms with van der Waals surface area (Å²) in [6.07, 6.45) is 1.86. The van der Waals surface area contributed by atoms with Gasteiger partial charge in [-0.2, -0.15) is 0 Å². The van der Waals surface area contributed by atoms with Gasteiger partial charge in [-0.15, -0.1) is 0 Å². The Bertz CT molecular complexity index is 334. The van der Waals surface area contributed by atoms with Gasteiger partial charge in [0.05, 0.1) is 5.69 Å². The lowest BCUT2D eigenvalue weighted by Gasteiger charge is -2.29. The number of rotatable bonds is 3. The van der Waals surface area contributed by atoms with Gasteiger partial charge in [-0.3, -0.25) is 0 Å². The summed E-state index contributed by atoms with van der Waals surface area (Å²) in [5.74, 6) is 1.46. The summed E-state index contributed by atoms with van der Waals surface area (Å²) in [6, 6.07) is 2.40. The fourth-order valence-electron chi connectivity index (χ4n) is 1.52. The predicted octanol–water partition coefficient (Wildman–Crippen LogP) is 2.45. The first-order chi connectivity index (χ1) is 6.93. The van der Waals surface area contributed by atoms with Crippen molar-refractivity contribution >= 4 is 11.5 Å². The largest absolute Gasteiger partial charge is 0.396 e. The van der Waals surface area contributed by atoms with Crippen LogP contribution in [0.5, 0.6) is 0 Å². The molecule has 0 aliphatic carbocycles. The molecule has 0 fully saturated rings. The molecule has 0 aliphatic heterocycles. The van der Waals surface area contributed by atoms with Crippen LogP contribution >= 0.6 is 0 Å². The lowest BCUT2D eigenvalue weighted by Crippen LogP contribution is -2.34. The molecule has 3 nitrogen and oxygen atoms in total. The van der Waals surface area contributed by atoms with E-state index < -0.39 is 0 Å². The summed E-state index contributed by atoms with van der Waals surface area (Å²) in [5.41, 5.74) is 7.81. The summed E-state index contributed by atoms with van der Waals surface area (Å²) in [4.78, 5) is 6.52. The Labute approximate surface area is 92.3 Å². The highest BCUT2D eigenvalue weighted by Crippen LogP contribution is 2.23. The molecule has 0 spiro atoms. The molecule has 15 heavy (non-hydrogen) atoms. The van der Waals surface area contributed by atoms with Crippen LogP contribution in [-0.2, 0) is 0 Å². The van der Waals surface area contributed by atoms with Crippen LogP contribution in [0.15, 0.2) is 12.3 Å². The summed E-state index contributed by atoms with van der Waals surface area (Å²) in [7, 11) is 2.04. The molecule has 0 radical (unpaired) electrons. The number of hydrogen-bond donors (Lipinski definition) is 1. The standard InChI is InChI=1S/C12H21N3/c1-8(2)10(4)15(5)12-11(13)6-9(3)7-14-12/h6-8,10H,13H2,1-5H3. The van der Waals surface area contributed by atoms with Gasteiger partial charge in [0.25, 0.3) is 0 Å². The van der Waals surface area contributed by atoms with E-state index in [0.29, 0.717) is 12.0 Å². The minimum Gasteiger partial charge on any atom is -0.396 e. The maximum absolute atomic E-state index is 5.96. The molecule has 3 heteroatoms. The quantitative estimate of drug-likeness (QED) is 0.827. The van der Waals surface area contributed by atoms with Crippen LogP contribution in [0, 0.1) is 12.8 Å². The zero-order chi connectivity index (χ0) is 11.6. The third kappa shape index (κ3) is 2.61. The lowest BCUT2D eigenvalue weighted by molar-refractivity contribution is 0.503. The van der Waals surface area contributed by atoms with E-state index >= 15 is 0 Å². The summed E-state index contributed by atoms with van der Waals surface area (Å²) >= 11 is 0. The molecule has 0 saturated heterocycles. The zero-order valence-corrected chi connectivity index (χ0v) is 10.3. The van der Waals surface area contributed by atoms with E-state index in [-0.39, 0.29) is 0 Å². The van der Waals surface area contributed by atoms with E-state index in [1.54, 1.807) is 0 Å². The van der Waals surface area contributed by atoms with Crippen LogP contribution in [0.25, 0.3) is 0 Å². The van der Waals surface area contributed by atoms with Crippen LogP contribution in [0.1, 0.15) is 26.3 Å². The van der Waals surface area contributed by atoms with Gasteiger partial charge in [0.15, 0.2) is 5.82 Å². The first-order valence-corrected chi connectivity index (χ1v) is 5.38. The van der Waals surface area contributed by atoms with Gasteiger partial charge in [0.2, 0.25) is 0 Å². The average Bonchev–Trinajstić information content (AvgIpc) is 2.15. The molecule has 84 valence electrons. The third-order valence-electron chi connectivity index (χ3n) is 2.94. The van der Waals surface area contributed by atoms with E-state index in [1.165, 1.54) is 0 Å². The fraction of sp³-hybridized carbons (Fsp3) is 0.583. The molecule has 1 aromatic heterocycles. The van der Waals surface area contributed by atoms with Crippen molar-refractivity contribution in [1.29, 1.82) is 0 Å². The molecule has 1 atom stereocenters. The highest BCUT2D eigenvalue weighted by molar-refractivity contribution is 5.63. The molecule has 0 aromatic carbocycles. The van der Waals surface area contributed by atoms with Crippen LogP contribution < -0.4 is 10.6 Å². The van der Waals surface area contributed by atoms with E-state index in [4.69, 9.17) is 5.73 Å². The number of nitrogens with two attached hydrogens (primary N) is 1. The van der Waals surface area contributed by atoms with E-state index in [9.17, 15) is 0 Å². The van der Waals surface area contributed by atoms with E-state index in [0.717, 1.165) is 17.1 Å². The maximum atomic E-state index is 5.96. The van der Waals surface area contributed by atoms with Gasteiger partial charge in [-0.05, 0) is 31.4 Å². The Balaban J connectivity index is 2.96. The molecule has 0 amide bonds. The molecule has 1 aromatic rings. The number of aryl methyl sites for hydroxylation is 1. The topological polar surface area (TPSA) is 42.2 Å². The number of pyridine rings is 1. The van der Waals surface area contributed by atoms with Gasteiger partial charge in [-0.25, -0.2) is 4.98 Å². The molecule has 0 saturated carbocycles. The number of aromatic nitrogens is 1. The van der Waals surface area contributed by atoms with Crippen molar-refractivity contribution in [2.75, 3.05) is 17.7 Å². The molecular weight excluding hydrogens is 186 g/mol. The summed E-state index contributed by atoms with van der Waals surface area (Å²) in [6.45, 7) is 8.59. The van der Waals surface area contributed by atoms with Crippen molar-refractivity contribution in [2.45, 2.75) is 33.7 Å². The Kier molecular flexibility index (Phi) is 3.56. The van der Waals surface area contributed by atoms with Crippen molar-refractivity contribution in [3.8, 4) is 0 Å². The number of anilines is 2. The Hall–Kier alpha value is -1.25. The molecule has 1 unspecified atom stereocenters. The second-order valence-corrected chi connectivity index (χ2v) is 4.52. The minimum absolute atomic E-state index is 0.433. The van der Waals surface area contributed by atoms with Crippen molar-refractivity contribution in [3.05, 3.63) is 17.8 Å². The molecule has 2 N–H and O–H groups in total. The predicted molar refractivity (Wildman–Crippen MR) is 66.1 cm³/mol. The Morgan fingerprint density at radius 2 is 1.93 bits per heavy atom. The second kappa shape index (κ2) is 4.51. The van der Waals surface area contributed by atoms with Crippen molar-refractivity contribution < 1.29 is 0 Å². The Morgan fingerprint density at radius 3 is 2.40 bits per heavy atom. The molecule has 0 aliphatic rings. The highest BCUT2D eigenvalue weighted by Gasteiger charge is 2.16. The van der Waals surface area contributed by atoms with Crippen LogP contribution in [0.4, 0.5) is 11.5 Å². The number of hydrogen-bond acceptors (Lipinski definition) is 3. The Morgan fingerprint density at radius 1 is 1.33 bits per heavy atom. The third-order valence-corrected chi connectivity index (χ3v) is 2.94. The SMILES string of the molecule is Cc1cnc(N(C)C(C)C(C)C)c(N)c1. The highest BCUT2D eigenvalue weighted by atomic mass is 15.2. The second-order valence-electron chi connectivity index (χ2n) is 4.52. The van der Waals surface area contributed by atoms with Crippen molar-refractivity contribution in [2.24, 2.45) is 5.92 Å². The van der Waals surface area contributed by atoms with Crippen LogP contribution in [0.3, 0.4) is 0 Å². The molecular formula is C12H21N3. The number of nitrogens with zero attached hydrogens (tertiary/aromatic N) is 2. The number of nitrogen functional groups attached to an aromatic ring is 1. The fourth-order valence-corrected chi connectivity index (χ4v) is 1.52. The van der Waals surface area contributed by atoms with Gasteiger partial charge in [0, 0.05) is 19.3 Å². The maximum Gasteiger partial charge on any atom is 0.151 e. The lowest BCUT2D eigenvalue weighted by atomic mass is 10.1.